The first kappa shape index (κ1) is 22.2. The molecule has 186 valence electrons. The summed E-state index contributed by atoms with van der Waals surface area (Å²) in [5.74, 6) is -4.74. The van der Waals surface area contributed by atoms with Crippen LogP contribution in [0, 0.1) is 5.82 Å². The summed E-state index contributed by atoms with van der Waals surface area (Å²) in [6, 6.07) is 18.5. The molecule has 1 amide bonds. The van der Waals surface area contributed by atoms with E-state index in [0.717, 1.165) is 18.6 Å². The van der Waals surface area contributed by atoms with Crippen molar-refractivity contribution >= 4 is 34.3 Å². The minimum absolute atomic E-state index is 0.186. The number of carbonyl (C=O) groups excluding carboxylic acids is 3. The summed E-state index contributed by atoms with van der Waals surface area (Å²) in [6.45, 7) is 1.18. The average Bonchev–Trinajstić information content (AvgIpc) is 3.20. The quantitative estimate of drug-likeness (QED) is 0.395. The van der Waals surface area contributed by atoms with E-state index in [4.69, 9.17) is 9.47 Å². The molecule has 0 bridgehead atoms. The van der Waals surface area contributed by atoms with E-state index in [1.165, 1.54) is 51.1 Å². The number of likely N-dealkylation sites (tertiary alicyclic amines) is 1. The number of piperidine rings is 1. The van der Waals surface area contributed by atoms with Gasteiger partial charge in [-0.1, -0.05) is 36.4 Å². The van der Waals surface area contributed by atoms with E-state index in [1.807, 2.05) is 0 Å². The molecule has 2 spiro atoms. The molecule has 37 heavy (non-hydrogen) atoms. The van der Waals surface area contributed by atoms with Crippen molar-refractivity contribution in [3.63, 3.8) is 0 Å². The van der Waals surface area contributed by atoms with E-state index in [9.17, 15) is 18.8 Å². The molecule has 3 aromatic carbocycles. The summed E-state index contributed by atoms with van der Waals surface area (Å²) in [6.07, 6.45) is 3.65. The highest BCUT2D eigenvalue weighted by molar-refractivity contribution is 6.12. The Morgan fingerprint density at radius 1 is 0.838 bits per heavy atom. The van der Waals surface area contributed by atoms with Gasteiger partial charge in [0.25, 0.3) is 0 Å². The lowest BCUT2D eigenvalue weighted by atomic mass is 9.69. The molecule has 4 aliphatic rings. The highest BCUT2D eigenvalue weighted by atomic mass is 19.1. The number of ether oxygens (including phenoxy) is 2. The molecule has 2 fully saturated rings. The van der Waals surface area contributed by atoms with Gasteiger partial charge in [0.1, 0.15) is 11.4 Å². The largest absolute Gasteiger partial charge is 0.408 e. The van der Waals surface area contributed by atoms with Crippen molar-refractivity contribution in [3.8, 4) is 0 Å². The number of amides is 1. The SMILES string of the molecule is O=C1C=CC(=O)OC2(O1)C(=O)N(c1ccc(F)cc1)C21CCN(C2Cc3cccc4cccc2c34)CC1. The minimum atomic E-state index is -2.05. The lowest BCUT2D eigenvalue weighted by molar-refractivity contribution is -0.264. The molecule has 0 saturated carbocycles. The number of carbonyl (C=O) groups is 3. The van der Waals surface area contributed by atoms with Gasteiger partial charge in [-0.3, -0.25) is 14.6 Å². The molecule has 3 aliphatic heterocycles. The summed E-state index contributed by atoms with van der Waals surface area (Å²) in [7, 11) is 0. The van der Waals surface area contributed by atoms with Gasteiger partial charge in [0.2, 0.25) is 0 Å². The zero-order valence-corrected chi connectivity index (χ0v) is 19.9. The summed E-state index contributed by atoms with van der Waals surface area (Å²) >= 11 is 0. The molecule has 0 radical (unpaired) electrons. The van der Waals surface area contributed by atoms with E-state index < -0.39 is 35.0 Å². The van der Waals surface area contributed by atoms with Crippen LogP contribution in [0.5, 0.6) is 0 Å². The van der Waals surface area contributed by atoms with E-state index in [2.05, 4.69) is 41.3 Å². The fraction of sp³-hybridized carbons (Fsp3) is 0.276. The number of halogens is 1. The molecular formula is C29H23FN2O5. The monoisotopic (exact) mass is 498 g/mol. The Kier molecular flexibility index (Phi) is 4.63. The van der Waals surface area contributed by atoms with Crippen LogP contribution in [0.15, 0.2) is 72.8 Å². The Bertz CT molecular complexity index is 1480. The van der Waals surface area contributed by atoms with Crippen LogP contribution in [0.25, 0.3) is 10.8 Å². The molecule has 1 unspecified atom stereocenters. The molecule has 0 aromatic heterocycles. The molecule has 7 rings (SSSR count). The maximum absolute atomic E-state index is 13.7. The van der Waals surface area contributed by atoms with Gasteiger partial charge >= 0.3 is 23.6 Å². The van der Waals surface area contributed by atoms with Gasteiger partial charge in [-0.05, 0) is 65.4 Å². The second kappa shape index (κ2) is 7.73. The molecular weight excluding hydrogens is 475 g/mol. The van der Waals surface area contributed by atoms with Crippen molar-refractivity contribution in [2.24, 2.45) is 0 Å². The smallest absolute Gasteiger partial charge is 0.361 e. The van der Waals surface area contributed by atoms with Crippen LogP contribution in [-0.2, 0) is 30.3 Å². The van der Waals surface area contributed by atoms with E-state index in [-0.39, 0.29) is 6.04 Å². The highest BCUT2D eigenvalue weighted by Crippen LogP contribution is 2.55. The molecule has 2 saturated heterocycles. The number of hydrogen-bond donors (Lipinski definition) is 0. The van der Waals surface area contributed by atoms with Gasteiger partial charge < -0.3 is 9.47 Å². The van der Waals surface area contributed by atoms with Crippen LogP contribution >= 0.6 is 0 Å². The Hall–Kier alpha value is -4.04. The van der Waals surface area contributed by atoms with Crippen molar-refractivity contribution in [1.29, 1.82) is 0 Å². The normalized spacial score (nSPS) is 23.8. The van der Waals surface area contributed by atoms with Crippen LogP contribution in [0.4, 0.5) is 10.1 Å². The second-order valence-corrected chi connectivity index (χ2v) is 10.1. The topological polar surface area (TPSA) is 76.2 Å². The van der Waals surface area contributed by atoms with Gasteiger partial charge in [-0.2, -0.15) is 0 Å². The Labute approximate surface area is 212 Å². The summed E-state index contributed by atoms with van der Waals surface area (Å²) < 4.78 is 24.9. The third-order valence-corrected chi connectivity index (χ3v) is 8.32. The number of benzene rings is 3. The van der Waals surface area contributed by atoms with Crippen LogP contribution in [-0.4, -0.2) is 47.2 Å². The van der Waals surface area contributed by atoms with Crippen LogP contribution in [0.2, 0.25) is 0 Å². The van der Waals surface area contributed by atoms with Crippen molar-refractivity contribution in [2.45, 2.75) is 36.6 Å². The number of rotatable bonds is 2. The number of β-lactam (4-membered cyclic amide) rings is 1. The van der Waals surface area contributed by atoms with Crippen molar-refractivity contribution in [3.05, 3.63) is 89.8 Å². The summed E-state index contributed by atoms with van der Waals surface area (Å²) in [4.78, 5) is 42.4. The third-order valence-electron chi connectivity index (χ3n) is 8.32. The Balaban J connectivity index is 1.24. The standard InChI is InChI=1S/C29H23FN2O5/c30-20-7-9-21(10-8-20)32-27(35)29(36-24(33)11-12-25(34)37-29)28(32)13-15-31(16-14-28)23-17-19-5-1-3-18-4-2-6-22(23)26(18)19/h1-12,23H,13-17H2. The zero-order valence-electron chi connectivity index (χ0n) is 19.9. The van der Waals surface area contributed by atoms with E-state index in [1.54, 1.807) is 0 Å². The maximum atomic E-state index is 13.7. The van der Waals surface area contributed by atoms with E-state index >= 15 is 0 Å². The highest BCUT2D eigenvalue weighted by Gasteiger charge is 2.78. The molecule has 0 N–H and O–H groups in total. The predicted molar refractivity (Wildman–Crippen MR) is 132 cm³/mol. The van der Waals surface area contributed by atoms with Gasteiger partial charge in [0.05, 0.1) is 0 Å². The van der Waals surface area contributed by atoms with Crippen LogP contribution < -0.4 is 4.90 Å². The number of hydrogen-bond acceptors (Lipinski definition) is 6. The number of anilines is 1. The zero-order chi connectivity index (χ0) is 25.4. The van der Waals surface area contributed by atoms with E-state index in [0.29, 0.717) is 31.6 Å². The minimum Gasteiger partial charge on any atom is -0.408 e. The molecule has 1 aliphatic carbocycles. The number of esters is 2. The number of fused-ring (bicyclic) bond motifs is 1. The summed E-state index contributed by atoms with van der Waals surface area (Å²) in [5.41, 5.74) is 1.97. The molecule has 3 aromatic rings. The van der Waals surface area contributed by atoms with Crippen molar-refractivity contribution in [1.82, 2.24) is 4.90 Å². The fourth-order valence-corrected chi connectivity index (χ4v) is 6.67. The third kappa shape index (κ3) is 2.99. The van der Waals surface area contributed by atoms with Crippen molar-refractivity contribution in [2.75, 3.05) is 18.0 Å². The maximum Gasteiger partial charge on any atom is 0.361 e. The molecule has 3 heterocycles. The van der Waals surface area contributed by atoms with Gasteiger partial charge in [0.15, 0.2) is 0 Å². The Morgan fingerprint density at radius 2 is 1.49 bits per heavy atom. The lowest BCUT2D eigenvalue weighted by Crippen LogP contribution is -2.86. The molecule has 8 heteroatoms. The first-order chi connectivity index (χ1) is 17.9. The first-order valence-electron chi connectivity index (χ1n) is 12.4. The van der Waals surface area contributed by atoms with Crippen LogP contribution in [0.3, 0.4) is 0 Å². The predicted octanol–water partition coefficient (Wildman–Crippen LogP) is 3.81. The lowest BCUT2D eigenvalue weighted by Gasteiger charge is -2.63. The van der Waals surface area contributed by atoms with Gasteiger partial charge in [-0.25, -0.2) is 14.0 Å². The second-order valence-electron chi connectivity index (χ2n) is 10.1. The molecule has 1 atom stereocenters. The molecule has 7 nitrogen and oxygen atoms in total. The van der Waals surface area contributed by atoms with Crippen molar-refractivity contribution < 1.29 is 28.2 Å². The first-order valence-corrected chi connectivity index (χ1v) is 12.4. The average molecular weight is 499 g/mol. The van der Waals surface area contributed by atoms with Crippen LogP contribution in [0.1, 0.15) is 30.0 Å². The van der Waals surface area contributed by atoms with Gasteiger partial charge in [0, 0.05) is 37.0 Å². The fourth-order valence-electron chi connectivity index (χ4n) is 6.67. The van der Waals surface area contributed by atoms with Gasteiger partial charge in [-0.15, -0.1) is 0 Å². The summed E-state index contributed by atoms with van der Waals surface area (Å²) in [5, 5.41) is 2.53. The number of nitrogens with zero attached hydrogens (tertiary/aromatic N) is 2. The Morgan fingerprint density at radius 3 is 2.16 bits per heavy atom.